The second kappa shape index (κ2) is 22.3. The Morgan fingerprint density at radius 3 is 1.21 bits per heavy atom. The number of β-amino-alcohol motifs (C(OH)–C–C–N with tert-alkyl or cyclic N) is 2. The van der Waals surface area contributed by atoms with Crippen molar-refractivity contribution in [3.8, 4) is 0 Å². The zero-order valence-corrected chi connectivity index (χ0v) is 34.1. The van der Waals surface area contributed by atoms with Gasteiger partial charge in [-0.05, 0) is 110 Å². The van der Waals surface area contributed by atoms with Crippen LogP contribution in [0, 0.1) is 0 Å². The van der Waals surface area contributed by atoms with Crippen molar-refractivity contribution in [2.75, 3.05) is 65.4 Å². The van der Waals surface area contributed by atoms with Crippen LogP contribution in [0.25, 0.3) is 12.2 Å². The summed E-state index contributed by atoms with van der Waals surface area (Å²) >= 11 is 0. The number of hydrogen-bond acceptors (Lipinski definition) is 8. The molecule has 5 heterocycles. The van der Waals surface area contributed by atoms with E-state index >= 15 is 0 Å². The van der Waals surface area contributed by atoms with Gasteiger partial charge in [-0.2, -0.15) is 0 Å². The van der Waals surface area contributed by atoms with Crippen LogP contribution in [0.2, 0.25) is 0 Å². The minimum absolute atomic E-state index is 0. The highest BCUT2D eigenvalue weighted by Gasteiger charge is 2.24. The average Bonchev–Trinajstić information content (AvgIpc) is 3.87. The molecule has 13 heteroatoms. The fourth-order valence-corrected chi connectivity index (χ4v) is 8.27. The quantitative estimate of drug-likeness (QED) is 0.262. The molecule has 8 nitrogen and oxygen atoms in total. The van der Waals surface area contributed by atoms with E-state index in [1.54, 1.807) is 0 Å². The standard InChI is InChI=1S/C39H53N5O3.5ClH/c45-37-5-11-43(27-37)25-33-15-29(13-31(17-33)23-41-7-1-2-8-41)19-35-21-40-22-36(39(35)47)20-30-14-32(24-42-9-3-4-10-42)18-34(16-30)26-44-12-6-38(46)28-44;;;;;/h13-20,37-38,40,45-46H,1-12,21-28H2;5*1H. The van der Waals surface area contributed by atoms with Crippen molar-refractivity contribution < 1.29 is 15.0 Å². The van der Waals surface area contributed by atoms with Crippen LogP contribution < -0.4 is 5.32 Å². The number of rotatable bonds is 10. The largest absolute Gasteiger partial charge is 0.392 e. The number of benzene rings is 2. The molecule has 5 aliphatic heterocycles. The van der Waals surface area contributed by atoms with Crippen molar-refractivity contribution in [2.24, 2.45) is 0 Å². The van der Waals surface area contributed by atoms with Crippen LogP contribution in [0.5, 0.6) is 0 Å². The van der Waals surface area contributed by atoms with E-state index in [9.17, 15) is 15.0 Å². The molecule has 5 aliphatic rings. The highest BCUT2D eigenvalue weighted by atomic mass is 35.5. The van der Waals surface area contributed by atoms with Gasteiger partial charge in [0.05, 0.1) is 12.2 Å². The number of nitrogens with one attached hydrogen (secondary N) is 1. The first-order valence-electron chi connectivity index (χ1n) is 18.1. The molecule has 2 unspecified atom stereocenters. The number of piperidine rings is 1. The Bertz CT molecular complexity index is 1390. The zero-order valence-electron chi connectivity index (χ0n) is 30.0. The van der Waals surface area contributed by atoms with Gasteiger partial charge in [0.25, 0.3) is 0 Å². The summed E-state index contributed by atoms with van der Waals surface area (Å²) in [6, 6.07) is 13.7. The SMILES string of the molecule is Cl.Cl.Cl.Cl.Cl.O=C1C(=Cc2cc(CN3CCCC3)cc(CN3CCC(O)C3)c2)CNCC1=Cc1cc(CN2CCCC2)cc(CN2CCC(O)C2)c1. The Morgan fingerprint density at radius 2 is 0.885 bits per heavy atom. The van der Waals surface area contributed by atoms with Crippen LogP contribution in [-0.4, -0.2) is 113 Å². The smallest absolute Gasteiger partial charge is 0.187 e. The maximum absolute atomic E-state index is 14.0. The van der Waals surface area contributed by atoms with Crippen molar-refractivity contribution in [1.82, 2.24) is 24.9 Å². The summed E-state index contributed by atoms with van der Waals surface area (Å²) < 4.78 is 0. The molecule has 0 saturated carbocycles. The topological polar surface area (TPSA) is 82.5 Å². The summed E-state index contributed by atoms with van der Waals surface area (Å²) in [4.78, 5) is 23.7. The van der Waals surface area contributed by atoms with E-state index in [0.717, 1.165) is 114 Å². The van der Waals surface area contributed by atoms with E-state index in [2.05, 4.69) is 73.5 Å². The molecule has 0 spiro atoms. The van der Waals surface area contributed by atoms with Gasteiger partial charge in [0.1, 0.15) is 0 Å². The number of hydrogen-bond donors (Lipinski definition) is 3. The van der Waals surface area contributed by atoms with E-state index in [-0.39, 0.29) is 80.0 Å². The van der Waals surface area contributed by atoms with E-state index in [1.807, 2.05) is 0 Å². The van der Waals surface area contributed by atoms with Crippen LogP contribution in [0.1, 0.15) is 71.9 Å². The van der Waals surface area contributed by atoms with Gasteiger partial charge in [-0.3, -0.25) is 24.4 Å². The van der Waals surface area contributed by atoms with Gasteiger partial charge in [0, 0.05) is 76.6 Å². The molecule has 0 aliphatic carbocycles. The maximum Gasteiger partial charge on any atom is 0.187 e. The number of carbonyl (C=O) groups excluding carboxylic acids is 1. The second-order valence-electron chi connectivity index (χ2n) is 14.8. The molecule has 292 valence electrons. The molecule has 0 bridgehead atoms. The number of nitrogens with zero attached hydrogens (tertiary/aromatic N) is 4. The first kappa shape index (κ1) is 46.9. The second-order valence-corrected chi connectivity index (χ2v) is 14.8. The molecule has 5 fully saturated rings. The third-order valence-electron chi connectivity index (χ3n) is 10.6. The molecular weight excluding hydrogens is 764 g/mol. The highest BCUT2D eigenvalue weighted by Crippen LogP contribution is 2.25. The van der Waals surface area contributed by atoms with Crippen molar-refractivity contribution in [1.29, 1.82) is 0 Å². The number of halogens is 5. The van der Waals surface area contributed by atoms with Gasteiger partial charge in [0.15, 0.2) is 5.78 Å². The molecular formula is C39H58Cl5N5O3. The number of likely N-dealkylation sites (tertiary alicyclic amines) is 4. The zero-order chi connectivity index (χ0) is 32.2. The first-order valence-corrected chi connectivity index (χ1v) is 18.1. The molecule has 0 aromatic heterocycles. The summed E-state index contributed by atoms with van der Waals surface area (Å²) in [6.45, 7) is 12.6. The summed E-state index contributed by atoms with van der Waals surface area (Å²) in [5, 5.41) is 23.7. The van der Waals surface area contributed by atoms with Crippen LogP contribution in [0.4, 0.5) is 0 Å². The molecule has 7 rings (SSSR count). The van der Waals surface area contributed by atoms with E-state index < -0.39 is 0 Å². The lowest BCUT2D eigenvalue weighted by atomic mass is 9.94. The normalized spacial score (nSPS) is 24.3. The lowest BCUT2D eigenvalue weighted by Crippen LogP contribution is -2.32. The third kappa shape index (κ3) is 12.9. The predicted octanol–water partition coefficient (Wildman–Crippen LogP) is 5.76. The molecule has 2 aromatic rings. The Labute approximate surface area is 341 Å². The Morgan fingerprint density at radius 1 is 0.538 bits per heavy atom. The first-order chi connectivity index (χ1) is 22.9. The minimum atomic E-state index is -0.231. The molecule has 3 N–H and O–H groups in total. The lowest BCUT2D eigenvalue weighted by Gasteiger charge is -2.21. The maximum atomic E-state index is 14.0. The molecule has 0 radical (unpaired) electrons. The molecule has 5 saturated heterocycles. The highest BCUT2D eigenvalue weighted by molar-refractivity contribution is 6.14. The van der Waals surface area contributed by atoms with Crippen molar-refractivity contribution >= 4 is 80.0 Å². The fourth-order valence-electron chi connectivity index (χ4n) is 8.27. The summed E-state index contributed by atoms with van der Waals surface area (Å²) in [6.07, 6.45) is 10.5. The number of Topliss-reactive ketones (excluding diaryl/α,β-unsaturated/α-hetero) is 1. The van der Waals surface area contributed by atoms with Gasteiger partial charge in [-0.1, -0.05) is 36.4 Å². The van der Waals surface area contributed by atoms with E-state index in [0.29, 0.717) is 13.1 Å². The van der Waals surface area contributed by atoms with Gasteiger partial charge in [-0.15, -0.1) is 62.0 Å². The number of ketones is 1. The van der Waals surface area contributed by atoms with Crippen molar-refractivity contribution in [2.45, 2.75) is 76.9 Å². The van der Waals surface area contributed by atoms with E-state index in [1.165, 1.54) is 47.9 Å². The van der Waals surface area contributed by atoms with Gasteiger partial charge >= 0.3 is 0 Å². The molecule has 52 heavy (non-hydrogen) atoms. The van der Waals surface area contributed by atoms with Crippen molar-refractivity contribution in [3.05, 3.63) is 80.9 Å². The van der Waals surface area contributed by atoms with Gasteiger partial charge < -0.3 is 15.5 Å². The average molecular weight is 822 g/mol. The Balaban J connectivity index is 0.00000187. The fraction of sp³-hybridized carbons (Fsp3) is 0.564. The Kier molecular flexibility index (Phi) is 20.2. The number of aliphatic hydroxyl groups is 2. The molecule has 2 aromatic carbocycles. The van der Waals surface area contributed by atoms with Crippen LogP contribution in [0.15, 0.2) is 47.5 Å². The summed E-state index contributed by atoms with van der Waals surface area (Å²) in [5.41, 5.74) is 8.90. The van der Waals surface area contributed by atoms with Crippen molar-refractivity contribution in [3.63, 3.8) is 0 Å². The molecule has 2 atom stereocenters. The summed E-state index contributed by atoms with van der Waals surface area (Å²) in [5.74, 6) is 0.132. The van der Waals surface area contributed by atoms with Gasteiger partial charge in [0.2, 0.25) is 0 Å². The number of aliphatic hydroxyl groups excluding tert-OH is 2. The number of carbonyl (C=O) groups is 1. The van der Waals surface area contributed by atoms with Crippen LogP contribution in [0.3, 0.4) is 0 Å². The monoisotopic (exact) mass is 819 g/mol. The van der Waals surface area contributed by atoms with Crippen LogP contribution >= 0.6 is 62.0 Å². The third-order valence-corrected chi connectivity index (χ3v) is 10.6. The van der Waals surface area contributed by atoms with Crippen LogP contribution in [-0.2, 0) is 31.0 Å². The summed E-state index contributed by atoms with van der Waals surface area (Å²) in [7, 11) is 0. The minimum Gasteiger partial charge on any atom is -0.392 e. The lowest BCUT2D eigenvalue weighted by molar-refractivity contribution is -0.112. The molecule has 0 amide bonds. The predicted molar refractivity (Wildman–Crippen MR) is 224 cm³/mol. The van der Waals surface area contributed by atoms with E-state index in [4.69, 9.17) is 0 Å². The Hall–Kier alpha value is -1.24. The van der Waals surface area contributed by atoms with Gasteiger partial charge in [-0.25, -0.2) is 0 Å².